The summed E-state index contributed by atoms with van der Waals surface area (Å²) in [6, 6.07) is 41.7. The molecule has 0 radical (unpaired) electrons. The van der Waals surface area contributed by atoms with E-state index < -0.39 is 55.6 Å². The highest BCUT2D eigenvalue weighted by Gasteiger charge is 2.53. The Morgan fingerprint density at radius 2 is 0.981 bits per heavy atom. The lowest BCUT2D eigenvalue weighted by Crippen LogP contribution is -2.63. The lowest BCUT2D eigenvalue weighted by Gasteiger charge is -2.43. The van der Waals surface area contributed by atoms with Crippen molar-refractivity contribution < 1.29 is 43.2 Å². The van der Waals surface area contributed by atoms with Gasteiger partial charge in [-0.3, -0.25) is 16.0 Å². The Hall–Kier alpha value is -6.21. The summed E-state index contributed by atoms with van der Waals surface area (Å²) in [7, 11) is 1.30. The summed E-state index contributed by atoms with van der Waals surface area (Å²) in [5.41, 5.74) is 4.45. The smallest absolute Gasteiger partial charge is 0.412 e. The maximum atomic E-state index is 13.7. The number of carbonyl (C=O) groups excluding carboxylic acids is 3. The molecule has 5 aromatic carbocycles. The van der Waals surface area contributed by atoms with E-state index in [1.54, 1.807) is 54.6 Å². The summed E-state index contributed by atoms with van der Waals surface area (Å²) < 4.78 is 29.0. The molecule has 5 atom stereocenters. The van der Waals surface area contributed by atoms with Crippen LogP contribution in [0.25, 0.3) is 22.3 Å². The molecule has 1 saturated heterocycles. The van der Waals surface area contributed by atoms with E-state index in [0.29, 0.717) is 22.6 Å². The van der Waals surface area contributed by atoms with Crippen LogP contribution in [-0.2, 0) is 23.7 Å². The van der Waals surface area contributed by atoms with E-state index in [1.807, 2.05) is 84.9 Å². The Labute approximate surface area is 300 Å². The van der Waals surface area contributed by atoms with Crippen LogP contribution < -0.4 is 16.0 Å². The van der Waals surface area contributed by atoms with Crippen molar-refractivity contribution in [3.05, 3.63) is 140 Å². The lowest BCUT2D eigenvalue weighted by atomic mass is 9.98. The van der Waals surface area contributed by atoms with Gasteiger partial charge in [0.05, 0.1) is 18.0 Å². The van der Waals surface area contributed by atoms with E-state index in [0.717, 1.165) is 16.7 Å². The van der Waals surface area contributed by atoms with Gasteiger partial charge in [0.1, 0.15) is 6.10 Å². The Kier molecular flexibility index (Phi) is 11.7. The monoisotopic (exact) mass is 703 g/mol. The zero-order valence-electron chi connectivity index (χ0n) is 28.1. The summed E-state index contributed by atoms with van der Waals surface area (Å²) in [5, 5.41) is 18.5. The van der Waals surface area contributed by atoms with Gasteiger partial charge in [-0.1, -0.05) is 115 Å². The second-order valence-electron chi connectivity index (χ2n) is 11.6. The zero-order chi connectivity index (χ0) is 36.3. The second-order valence-corrected chi connectivity index (χ2v) is 11.6. The minimum Gasteiger partial charge on any atom is -0.439 e. The fraction of sp³-hybridized carbons (Fsp3) is 0.175. The number of benzene rings is 5. The molecule has 0 aliphatic carbocycles. The zero-order valence-corrected chi connectivity index (χ0v) is 28.1. The third-order valence-corrected chi connectivity index (χ3v) is 8.25. The number of amides is 3. The van der Waals surface area contributed by atoms with E-state index >= 15 is 0 Å². The second kappa shape index (κ2) is 17.1. The number of ether oxygens (including phenoxy) is 5. The third-order valence-electron chi connectivity index (χ3n) is 8.25. The molecule has 12 heteroatoms. The molecule has 4 N–H and O–H groups in total. The van der Waals surface area contributed by atoms with Crippen LogP contribution in [0.2, 0.25) is 0 Å². The predicted molar refractivity (Wildman–Crippen MR) is 195 cm³/mol. The van der Waals surface area contributed by atoms with E-state index in [9.17, 15) is 19.5 Å². The number of carbonyl (C=O) groups is 3. The number of methoxy groups -OCH3 is 1. The number of aliphatic hydroxyl groups excluding tert-OH is 1. The van der Waals surface area contributed by atoms with Crippen LogP contribution >= 0.6 is 0 Å². The van der Waals surface area contributed by atoms with Crippen LogP contribution in [0.4, 0.5) is 31.4 Å². The van der Waals surface area contributed by atoms with E-state index in [2.05, 4.69) is 16.0 Å². The molecule has 1 aliphatic rings. The van der Waals surface area contributed by atoms with Gasteiger partial charge in [0, 0.05) is 23.9 Å². The van der Waals surface area contributed by atoms with Crippen molar-refractivity contribution in [3.63, 3.8) is 0 Å². The van der Waals surface area contributed by atoms with Crippen LogP contribution in [0.3, 0.4) is 0 Å². The average molecular weight is 704 g/mol. The van der Waals surface area contributed by atoms with Gasteiger partial charge in [-0.05, 0) is 35.4 Å². The van der Waals surface area contributed by atoms with Crippen LogP contribution in [-0.4, -0.2) is 67.8 Å². The number of hydrogen-bond donors (Lipinski definition) is 4. The Morgan fingerprint density at radius 1 is 0.558 bits per heavy atom. The van der Waals surface area contributed by atoms with Crippen LogP contribution in [0.15, 0.2) is 140 Å². The van der Waals surface area contributed by atoms with Gasteiger partial charge in [0.2, 0.25) is 0 Å². The van der Waals surface area contributed by atoms with E-state index in [1.165, 1.54) is 7.11 Å². The molecule has 1 heterocycles. The minimum absolute atomic E-state index is 0.427. The average Bonchev–Trinajstić information content (AvgIpc) is 3.17. The molecule has 0 spiro atoms. The first-order valence-corrected chi connectivity index (χ1v) is 16.5. The quantitative estimate of drug-likeness (QED) is 0.108. The van der Waals surface area contributed by atoms with Crippen molar-refractivity contribution in [2.24, 2.45) is 0 Å². The first-order valence-electron chi connectivity index (χ1n) is 16.5. The van der Waals surface area contributed by atoms with Gasteiger partial charge in [0.15, 0.2) is 24.6 Å². The Morgan fingerprint density at radius 3 is 1.48 bits per heavy atom. The summed E-state index contributed by atoms with van der Waals surface area (Å²) in [5.74, 6) is 0. The summed E-state index contributed by atoms with van der Waals surface area (Å²) in [6.45, 7) is -0.662. The maximum absolute atomic E-state index is 13.7. The largest absolute Gasteiger partial charge is 0.439 e. The SMILES string of the molecule is CO[C@H]1O[C@H](CO)[C@@H](OC(=O)Nc2ccccc2)[C@H](OC(=O)Nc2ccccc2-c2ccccc2)[C@@H]1OC(=O)Nc1ccccc1-c1ccccc1. The van der Waals surface area contributed by atoms with Crippen molar-refractivity contribution in [1.82, 2.24) is 0 Å². The maximum Gasteiger partial charge on any atom is 0.412 e. The molecule has 1 fully saturated rings. The molecule has 52 heavy (non-hydrogen) atoms. The number of para-hydroxylation sites is 3. The van der Waals surface area contributed by atoms with Crippen LogP contribution in [0, 0.1) is 0 Å². The molecule has 5 aromatic rings. The van der Waals surface area contributed by atoms with Crippen molar-refractivity contribution in [2.75, 3.05) is 29.7 Å². The summed E-state index contributed by atoms with van der Waals surface area (Å²) in [4.78, 5) is 40.5. The van der Waals surface area contributed by atoms with Crippen LogP contribution in [0.5, 0.6) is 0 Å². The molecule has 12 nitrogen and oxygen atoms in total. The molecular weight excluding hydrogens is 666 g/mol. The van der Waals surface area contributed by atoms with Crippen molar-refractivity contribution in [1.29, 1.82) is 0 Å². The van der Waals surface area contributed by atoms with Crippen LogP contribution in [0.1, 0.15) is 0 Å². The van der Waals surface area contributed by atoms with Crippen molar-refractivity contribution in [3.8, 4) is 22.3 Å². The molecule has 0 saturated carbocycles. The van der Waals surface area contributed by atoms with E-state index in [-0.39, 0.29) is 0 Å². The lowest BCUT2D eigenvalue weighted by molar-refractivity contribution is -0.290. The van der Waals surface area contributed by atoms with Gasteiger partial charge in [-0.25, -0.2) is 14.4 Å². The van der Waals surface area contributed by atoms with Crippen molar-refractivity contribution in [2.45, 2.75) is 30.7 Å². The Balaban J connectivity index is 1.29. The number of rotatable bonds is 10. The van der Waals surface area contributed by atoms with E-state index in [4.69, 9.17) is 23.7 Å². The molecule has 6 rings (SSSR count). The predicted octanol–water partition coefficient (Wildman–Crippen LogP) is 7.54. The fourth-order valence-electron chi connectivity index (χ4n) is 5.86. The third kappa shape index (κ3) is 8.74. The number of aliphatic hydroxyl groups is 1. The normalized spacial score (nSPS) is 19.5. The minimum atomic E-state index is -1.53. The first-order chi connectivity index (χ1) is 25.4. The summed E-state index contributed by atoms with van der Waals surface area (Å²) in [6.07, 6.45) is -9.90. The highest BCUT2D eigenvalue weighted by molar-refractivity contribution is 5.93. The fourth-order valence-corrected chi connectivity index (χ4v) is 5.86. The number of nitrogens with one attached hydrogen (secondary N) is 3. The molecule has 266 valence electrons. The highest BCUT2D eigenvalue weighted by atomic mass is 16.7. The van der Waals surface area contributed by atoms with Gasteiger partial charge in [-0.15, -0.1) is 0 Å². The van der Waals surface area contributed by atoms with Gasteiger partial charge in [-0.2, -0.15) is 0 Å². The van der Waals surface area contributed by atoms with Crippen molar-refractivity contribution >= 4 is 35.3 Å². The highest BCUT2D eigenvalue weighted by Crippen LogP contribution is 2.33. The standard InChI is InChI=1S/C40H37N3O9/c1-48-37-36(52-40(47)43-32-24-14-12-22-30(32)27-17-7-3-8-18-27)35(34(33(25-44)49-37)50-38(45)41-28-19-9-4-10-20-28)51-39(46)42-31-23-13-11-21-29(31)26-15-5-2-6-16-26/h2-24,33-37,44H,25H2,1H3,(H,41,45)(H,42,46)(H,43,47)/t33-,34-,35+,36+,37+/m1/s1. The molecular formula is C40H37N3O9. The number of anilines is 3. The van der Waals surface area contributed by atoms with Gasteiger partial charge in [0.25, 0.3) is 0 Å². The topological polar surface area (TPSA) is 154 Å². The molecule has 3 amide bonds. The number of hydrogen-bond acceptors (Lipinski definition) is 9. The Bertz CT molecular complexity index is 1950. The first kappa shape index (κ1) is 35.6. The molecule has 0 aromatic heterocycles. The summed E-state index contributed by atoms with van der Waals surface area (Å²) >= 11 is 0. The van der Waals surface area contributed by atoms with Gasteiger partial charge < -0.3 is 28.8 Å². The molecule has 0 unspecified atom stereocenters. The molecule has 1 aliphatic heterocycles. The van der Waals surface area contributed by atoms with Gasteiger partial charge >= 0.3 is 18.3 Å². The molecule has 0 bridgehead atoms.